The van der Waals surface area contributed by atoms with Gasteiger partial charge < -0.3 is 4.90 Å². The zero-order chi connectivity index (χ0) is 12.1. The van der Waals surface area contributed by atoms with Crippen LogP contribution in [0.2, 0.25) is 0 Å². The molecule has 2 aromatic rings. The first-order chi connectivity index (χ1) is 8.33. The van der Waals surface area contributed by atoms with Crippen molar-refractivity contribution in [2.24, 2.45) is 0 Å². The molecule has 0 aliphatic rings. The Kier molecular flexibility index (Phi) is 4.20. The Morgan fingerprint density at radius 1 is 1.29 bits per heavy atom. The molecule has 2 rings (SSSR count). The Balaban J connectivity index is 2.03. The van der Waals surface area contributed by atoms with Gasteiger partial charge in [-0.15, -0.1) is 11.6 Å². The Hall–Kier alpha value is -1.29. The van der Waals surface area contributed by atoms with Crippen LogP contribution in [-0.4, -0.2) is 34.1 Å². The van der Waals surface area contributed by atoms with Crippen LogP contribution >= 0.6 is 11.6 Å². The molecule has 4 nitrogen and oxygen atoms in total. The van der Waals surface area contributed by atoms with Crippen molar-refractivity contribution in [2.75, 3.05) is 24.4 Å². The summed E-state index contributed by atoms with van der Waals surface area (Å²) in [7, 11) is 2.07. The van der Waals surface area contributed by atoms with E-state index in [0.717, 1.165) is 43.0 Å². The molecule has 0 radical (unpaired) electrons. The Morgan fingerprint density at radius 2 is 2.18 bits per heavy atom. The normalized spacial score (nSPS) is 10.9. The molecule has 92 valence electrons. The number of alkyl halides is 1. The number of unbranched alkanes of at least 4 members (excludes halogenated alkanes) is 2. The number of rotatable bonds is 6. The average molecular weight is 253 g/mol. The lowest BCUT2D eigenvalue weighted by Crippen LogP contribution is -2.20. The van der Waals surface area contributed by atoms with E-state index in [1.807, 2.05) is 16.8 Å². The number of nitrogens with zero attached hydrogens (tertiary/aromatic N) is 4. The van der Waals surface area contributed by atoms with Gasteiger partial charge >= 0.3 is 0 Å². The molecule has 0 bridgehead atoms. The molecule has 0 saturated heterocycles. The fraction of sp³-hybridized carbons (Fsp3) is 0.500. The van der Waals surface area contributed by atoms with E-state index in [0.29, 0.717) is 0 Å². The van der Waals surface area contributed by atoms with Gasteiger partial charge in [-0.3, -0.25) is 0 Å². The molecule has 0 amide bonds. The molecule has 0 aliphatic heterocycles. The van der Waals surface area contributed by atoms with Gasteiger partial charge in [-0.05, 0) is 18.9 Å². The first kappa shape index (κ1) is 12.2. The molecule has 5 heteroatoms. The van der Waals surface area contributed by atoms with Gasteiger partial charge in [0.05, 0.1) is 6.20 Å². The van der Waals surface area contributed by atoms with E-state index in [1.165, 1.54) is 0 Å². The second-order valence-corrected chi connectivity index (χ2v) is 4.46. The number of aromatic nitrogens is 3. The minimum atomic E-state index is 0.750. The first-order valence-electron chi connectivity index (χ1n) is 5.88. The highest BCUT2D eigenvalue weighted by molar-refractivity contribution is 6.17. The van der Waals surface area contributed by atoms with Crippen molar-refractivity contribution < 1.29 is 0 Å². The van der Waals surface area contributed by atoms with E-state index >= 15 is 0 Å². The number of fused-ring (bicyclic) bond motifs is 1. The van der Waals surface area contributed by atoms with Crippen LogP contribution in [0, 0.1) is 0 Å². The predicted octanol–water partition coefficient (Wildman–Crippen LogP) is 2.57. The van der Waals surface area contributed by atoms with Gasteiger partial charge in [0.2, 0.25) is 0 Å². The lowest BCUT2D eigenvalue weighted by atomic mass is 10.2. The van der Waals surface area contributed by atoms with Crippen LogP contribution in [0.25, 0.3) is 5.52 Å². The highest BCUT2D eigenvalue weighted by Gasteiger charge is 2.07. The van der Waals surface area contributed by atoms with Crippen molar-refractivity contribution in [3.63, 3.8) is 0 Å². The van der Waals surface area contributed by atoms with Crippen molar-refractivity contribution in [1.82, 2.24) is 14.6 Å². The third kappa shape index (κ3) is 2.88. The van der Waals surface area contributed by atoms with Gasteiger partial charge in [0, 0.05) is 31.9 Å². The summed E-state index contributed by atoms with van der Waals surface area (Å²) in [5.74, 6) is 1.73. The van der Waals surface area contributed by atoms with Crippen molar-refractivity contribution in [1.29, 1.82) is 0 Å². The Bertz CT molecular complexity index is 468. The van der Waals surface area contributed by atoms with E-state index < -0.39 is 0 Å². The first-order valence-corrected chi connectivity index (χ1v) is 6.42. The van der Waals surface area contributed by atoms with Crippen LogP contribution in [-0.2, 0) is 0 Å². The van der Waals surface area contributed by atoms with Crippen molar-refractivity contribution in [2.45, 2.75) is 19.3 Å². The summed E-state index contributed by atoms with van der Waals surface area (Å²) in [6.07, 6.45) is 8.82. The van der Waals surface area contributed by atoms with Crippen LogP contribution in [0.4, 0.5) is 5.82 Å². The zero-order valence-electron chi connectivity index (χ0n) is 10.0. The average Bonchev–Trinajstić information content (AvgIpc) is 2.82. The van der Waals surface area contributed by atoms with Crippen LogP contribution in [0.1, 0.15) is 19.3 Å². The van der Waals surface area contributed by atoms with Gasteiger partial charge in [0.15, 0.2) is 5.82 Å². The molecule has 0 N–H and O–H groups in total. The molecule has 0 atom stereocenters. The van der Waals surface area contributed by atoms with Gasteiger partial charge in [-0.25, -0.2) is 9.50 Å². The Morgan fingerprint density at radius 3 is 3.00 bits per heavy atom. The molecule has 0 fully saturated rings. The molecule has 0 aliphatic carbocycles. The summed E-state index contributed by atoms with van der Waals surface area (Å²) in [5.41, 5.74) is 1.05. The van der Waals surface area contributed by atoms with Crippen LogP contribution in [0.5, 0.6) is 0 Å². The SMILES string of the molecule is CN(CCCCCCl)c1nccn2nccc12. The molecule has 0 unspecified atom stereocenters. The largest absolute Gasteiger partial charge is 0.358 e. The van der Waals surface area contributed by atoms with E-state index in [9.17, 15) is 0 Å². The minimum Gasteiger partial charge on any atom is -0.358 e. The maximum atomic E-state index is 5.66. The Labute approximate surface area is 106 Å². The number of halogens is 1. The van der Waals surface area contributed by atoms with E-state index in [4.69, 9.17) is 11.6 Å². The highest BCUT2D eigenvalue weighted by atomic mass is 35.5. The molecule has 2 heterocycles. The van der Waals surface area contributed by atoms with Gasteiger partial charge in [-0.2, -0.15) is 5.10 Å². The summed E-state index contributed by atoms with van der Waals surface area (Å²) in [5, 5.41) is 4.20. The third-order valence-corrected chi connectivity index (χ3v) is 3.06. The van der Waals surface area contributed by atoms with Gasteiger partial charge in [0.25, 0.3) is 0 Å². The predicted molar refractivity (Wildman–Crippen MR) is 70.8 cm³/mol. The molecular weight excluding hydrogens is 236 g/mol. The van der Waals surface area contributed by atoms with Gasteiger partial charge in [0.1, 0.15) is 5.52 Å². The van der Waals surface area contributed by atoms with E-state index in [2.05, 4.69) is 22.0 Å². The van der Waals surface area contributed by atoms with Crippen LogP contribution in [0.3, 0.4) is 0 Å². The monoisotopic (exact) mass is 252 g/mol. The van der Waals surface area contributed by atoms with Crippen molar-refractivity contribution >= 4 is 22.9 Å². The second kappa shape index (κ2) is 5.87. The van der Waals surface area contributed by atoms with E-state index in [1.54, 1.807) is 12.4 Å². The molecule has 0 saturated carbocycles. The molecule has 0 aromatic carbocycles. The summed E-state index contributed by atoms with van der Waals surface area (Å²) in [6, 6.07) is 1.98. The zero-order valence-corrected chi connectivity index (χ0v) is 10.8. The highest BCUT2D eigenvalue weighted by Crippen LogP contribution is 2.16. The summed E-state index contributed by atoms with van der Waals surface area (Å²) in [4.78, 5) is 6.59. The van der Waals surface area contributed by atoms with Crippen molar-refractivity contribution in [3.05, 3.63) is 24.7 Å². The van der Waals surface area contributed by atoms with Gasteiger partial charge in [-0.1, -0.05) is 6.42 Å². The molecular formula is C12H17ClN4. The lowest BCUT2D eigenvalue weighted by Gasteiger charge is -2.18. The second-order valence-electron chi connectivity index (χ2n) is 4.08. The number of hydrogen-bond acceptors (Lipinski definition) is 3. The molecule has 2 aromatic heterocycles. The molecule has 17 heavy (non-hydrogen) atoms. The quantitative estimate of drug-likeness (QED) is 0.585. The standard InChI is InChI=1S/C12H17ClN4/c1-16(9-4-2-3-6-13)12-11-5-7-15-17(11)10-8-14-12/h5,7-8,10H,2-4,6,9H2,1H3. The summed E-state index contributed by atoms with van der Waals surface area (Å²) in [6.45, 7) is 0.995. The van der Waals surface area contributed by atoms with Crippen LogP contribution < -0.4 is 4.90 Å². The smallest absolute Gasteiger partial charge is 0.154 e. The summed E-state index contributed by atoms with van der Waals surface area (Å²) < 4.78 is 1.84. The lowest BCUT2D eigenvalue weighted by molar-refractivity contribution is 0.703. The van der Waals surface area contributed by atoms with Crippen molar-refractivity contribution in [3.8, 4) is 0 Å². The minimum absolute atomic E-state index is 0.750. The fourth-order valence-electron chi connectivity index (χ4n) is 1.86. The van der Waals surface area contributed by atoms with Crippen LogP contribution in [0.15, 0.2) is 24.7 Å². The third-order valence-electron chi connectivity index (χ3n) is 2.79. The number of anilines is 1. The maximum Gasteiger partial charge on any atom is 0.154 e. The maximum absolute atomic E-state index is 5.66. The summed E-state index contributed by atoms with van der Waals surface area (Å²) >= 11 is 5.66. The number of hydrogen-bond donors (Lipinski definition) is 0. The fourth-order valence-corrected chi connectivity index (χ4v) is 2.05. The molecule has 0 spiro atoms. The topological polar surface area (TPSA) is 33.4 Å². The van der Waals surface area contributed by atoms with E-state index in [-0.39, 0.29) is 0 Å².